The van der Waals surface area contributed by atoms with Crippen LogP contribution in [0.3, 0.4) is 0 Å². The van der Waals surface area contributed by atoms with E-state index in [1.165, 1.54) is 15.6 Å². The molecule has 3 heteroatoms. The Morgan fingerprint density at radius 1 is 1.33 bits per heavy atom. The molecule has 1 heterocycles. The van der Waals surface area contributed by atoms with Gasteiger partial charge in [-0.05, 0) is 61.7 Å². The van der Waals surface area contributed by atoms with E-state index in [0.29, 0.717) is 6.04 Å². The summed E-state index contributed by atoms with van der Waals surface area (Å²) >= 11 is 1.77. The first-order chi connectivity index (χ1) is 8.44. The Bertz CT molecular complexity index is 512. The zero-order chi connectivity index (χ0) is 13.2. The Kier molecular flexibility index (Phi) is 4.05. The van der Waals surface area contributed by atoms with Crippen molar-refractivity contribution in [3.63, 3.8) is 0 Å². The van der Waals surface area contributed by atoms with E-state index in [9.17, 15) is 5.11 Å². The molecule has 18 heavy (non-hydrogen) atoms. The van der Waals surface area contributed by atoms with Crippen LogP contribution in [0, 0.1) is 0 Å². The number of hydrogen-bond acceptors (Lipinski definition) is 3. The van der Waals surface area contributed by atoms with Crippen LogP contribution in [-0.4, -0.2) is 16.7 Å². The maximum atomic E-state index is 9.76. The van der Waals surface area contributed by atoms with Crippen molar-refractivity contribution < 1.29 is 5.11 Å². The van der Waals surface area contributed by atoms with Crippen LogP contribution in [0.15, 0.2) is 29.6 Å². The second kappa shape index (κ2) is 5.39. The molecule has 0 aliphatic rings. The van der Waals surface area contributed by atoms with E-state index in [2.05, 4.69) is 41.9 Å². The van der Waals surface area contributed by atoms with E-state index in [0.717, 1.165) is 13.0 Å². The average molecular weight is 263 g/mol. The molecule has 0 amide bonds. The minimum absolute atomic E-state index is 0.308. The predicted octanol–water partition coefficient (Wildman–Crippen LogP) is 3.54. The van der Waals surface area contributed by atoms with Crippen LogP contribution in [-0.2, 0) is 6.54 Å². The molecular weight excluding hydrogens is 242 g/mol. The molecule has 2 rings (SSSR count). The van der Waals surface area contributed by atoms with E-state index in [4.69, 9.17) is 0 Å². The van der Waals surface area contributed by atoms with Gasteiger partial charge in [0.25, 0.3) is 0 Å². The summed E-state index contributed by atoms with van der Waals surface area (Å²) in [7, 11) is 0. The molecule has 2 N–H and O–H groups in total. The zero-order valence-corrected chi connectivity index (χ0v) is 12.1. The van der Waals surface area contributed by atoms with Crippen LogP contribution in [0.5, 0.6) is 0 Å². The summed E-state index contributed by atoms with van der Waals surface area (Å²) in [5.74, 6) is 0. The van der Waals surface area contributed by atoms with Crippen LogP contribution in [0.4, 0.5) is 0 Å². The fourth-order valence-corrected chi connectivity index (χ4v) is 3.01. The normalized spacial score (nSPS) is 14.0. The summed E-state index contributed by atoms with van der Waals surface area (Å²) in [6.45, 7) is 6.66. The number of thiophene rings is 1. The number of aliphatic hydroxyl groups is 1. The van der Waals surface area contributed by atoms with Crippen molar-refractivity contribution in [1.82, 2.24) is 5.32 Å². The topological polar surface area (TPSA) is 32.3 Å². The van der Waals surface area contributed by atoms with E-state index in [1.807, 2.05) is 13.8 Å². The highest BCUT2D eigenvalue weighted by atomic mass is 32.1. The molecule has 0 radical (unpaired) electrons. The fourth-order valence-electron chi connectivity index (χ4n) is 2.24. The lowest BCUT2D eigenvalue weighted by atomic mass is 10.00. The third kappa shape index (κ3) is 3.80. The maximum Gasteiger partial charge on any atom is 0.0606 e. The Balaban J connectivity index is 1.93. The van der Waals surface area contributed by atoms with Gasteiger partial charge in [-0.2, -0.15) is 0 Å². The Morgan fingerprint density at radius 2 is 2.11 bits per heavy atom. The molecule has 2 nitrogen and oxygen atoms in total. The molecular formula is C15H21NOS. The number of fused-ring (bicyclic) bond motifs is 1. The first kappa shape index (κ1) is 13.5. The van der Waals surface area contributed by atoms with Gasteiger partial charge in [-0.1, -0.05) is 6.07 Å². The molecule has 0 saturated heterocycles. The predicted molar refractivity (Wildman–Crippen MR) is 79.0 cm³/mol. The number of benzene rings is 1. The number of rotatable bonds is 5. The molecule has 0 saturated carbocycles. The average Bonchev–Trinajstić information content (AvgIpc) is 2.71. The molecule has 2 aromatic rings. The highest BCUT2D eigenvalue weighted by molar-refractivity contribution is 7.17. The monoisotopic (exact) mass is 263 g/mol. The van der Waals surface area contributed by atoms with Crippen molar-refractivity contribution in [3.8, 4) is 0 Å². The summed E-state index contributed by atoms with van der Waals surface area (Å²) in [5.41, 5.74) is 0.687. The van der Waals surface area contributed by atoms with Gasteiger partial charge in [0.15, 0.2) is 0 Å². The SMILES string of the molecule is CC(CC(C)(C)O)NCc1ccc2sccc2c1. The molecule has 1 aromatic carbocycles. The van der Waals surface area contributed by atoms with Gasteiger partial charge in [0, 0.05) is 17.3 Å². The zero-order valence-electron chi connectivity index (χ0n) is 11.2. The largest absolute Gasteiger partial charge is 0.390 e. The van der Waals surface area contributed by atoms with Crippen molar-refractivity contribution in [2.75, 3.05) is 0 Å². The molecule has 98 valence electrons. The van der Waals surface area contributed by atoms with Crippen molar-refractivity contribution in [1.29, 1.82) is 0 Å². The van der Waals surface area contributed by atoms with Gasteiger partial charge >= 0.3 is 0 Å². The van der Waals surface area contributed by atoms with Crippen LogP contribution in [0.1, 0.15) is 32.8 Å². The lowest BCUT2D eigenvalue weighted by molar-refractivity contribution is 0.0611. The smallest absolute Gasteiger partial charge is 0.0606 e. The lowest BCUT2D eigenvalue weighted by Gasteiger charge is -2.23. The van der Waals surface area contributed by atoms with Gasteiger partial charge < -0.3 is 10.4 Å². The molecule has 0 spiro atoms. The second-order valence-electron chi connectivity index (χ2n) is 5.59. The summed E-state index contributed by atoms with van der Waals surface area (Å²) in [6, 6.07) is 9.04. The van der Waals surface area contributed by atoms with Gasteiger partial charge in [0.1, 0.15) is 0 Å². The minimum atomic E-state index is -0.607. The van der Waals surface area contributed by atoms with E-state index >= 15 is 0 Å². The van der Waals surface area contributed by atoms with Crippen molar-refractivity contribution >= 4 is 21.4 Å². The van der Waals surface area contributed by atoms with Crippen LogP contribution < -0.4 is 5.32 Å². The highest BCUT2D eigenvalue weighted by Gasteiger charge is 2.16. The van der Waals surface area contributed by atoms with Crippen LogP contribution in [0.2, 0.25) is 0 Å². The summed E-state index contributed by atoms with van der Waals surface area (Å²) < 4.78 is 1.34. The maximum absolute atomic E-state index is 9.76. The lowest BCUT2D eigenvalue weighted by Crippen LogP contribution is -2.33. The van der Waals surface area contributed by atoms with Gasteiger partial charge in [0.2, 0.25) is 0 Å². The molecule has 1 aromatic heterocycles. The Morgan fingerprint density at radius 3 is 2.83 bits per heavy atom. The third-order valence-electron chi connectivity index (χ3n) is 2.98. The van der Waals surface area contributed by atoms with Gasteiger partial charge in [-0.3, -0.25) is 0 Å². The Labute approximate surface area is 113 Å². The highest BCUT2D eigenvalue weighted by Crippen LogP contribution is 2.21. The standard InChI is InChI=1S/C15H21NOS/c1-11(9-15(2,3)17)16-10-12-4-5-14-13(8-12)6-7-18-14/h4-8,11,16-17H,9-10H2,1-3H3. The van der Waals surface area contributed by atoms with Gasteiger partial charge in [-0.25, -0.2) is 0 Å². The molecule has 0 aliphatic heterocycles. The van der Waals surface area contributed by atoms with Crippen LogP contribution in [0.25, 0.3) is 10.1 Å². The van der Waals surface area contributed by atoms with Crippen LogP contribution >= 0.6 is 11.3 Å². The van der Waals surface area contributed by atoms with Gasteiger partial charge in [-0.15, -0.1) is 11.3 Å². The molecule has 1 unspecified atom stereocenters. The Hall–Kier alpha value is -0.900. The van der Waals surface area contributed by atoms with Crippen molar-refractivity contribution in [2.45, 2.75) is 45.4 Å². The quantitative estimate of drug-likeness (QED) is 0.865. The third-order valence-corrected chi connectivity index (χ3v) is 3.88. The minimum Gasteiger partial charge on any atom is -0.390 e. The summed E-state index contributed by atoms with van der Waals surface area (Å²) in [6.07, 6.45) is 0.758. The second-order valence-corrected chi connectivity index (χ2v) is 6.54. The van der Waals surface area contributed by atoms with E-state index in [-0.39, 0.29) is 0 Å². The van der Waals surface area contributed by atoms with E-state index < -0.39 is 5.60 Å². The summed E-state index contributed by atoms with van der Waals surface area (Å²) in [4.78, 5) is 0. The van der Waals surface area contributed by atoms with Gasteiger partial charge in [0.05, 0.1) is 5.60 Å². The number of nitrogens with one attached hydrogen (secondary N) is 1. The fraction of sp³-hybridized carbons (Fsp3) is 0.467. The van der Waals surface area contributed by atoms with E-state index in [1.54, 1.807) is 11.3 Å². The molecule has 1 atom stereocenters. The first-order valence-corrected chi connectivity index (χ1v) is 7.24. The molecule has 0 aliphatic carbocycles. The molecule has 0 fully saturated rings. The van der Waals surface area contributed by atoms with Crippen molar-refractivity contribution in [2.24, 2.45) is 0 Å². The first-order valence-electron chi connectivity index (χ1n) is 6.36. The number of hydrogen-bond donors (Lipinski definition) is 2. The summed E-state index contributed by atoms with van der Waals surface area (Å²) in [5, 5.41) is 16.7. The molecule has 0 bridgehead atoms. The van der Waals surface area contributed by atoms with Crippen molar-refractivity contribution in [3.05, 3.63) is 35.2 Å².